The Morgan fingerprint density at radius 3 is 2.74 bits per heavy atom. The number of carbonyl (C=O) groups excluding carboxylic acids is 2. The molecule has 0 spiro atoms. The number of hydrogen-bond donors (Lipinski definition) is 2. The first kappa shape index (κ1) is 17.1. The van der Waals surface area contributed by atoms with Crippen LogP contribution in [0.4, 0.5) is 0 Å². The molecule has 1 aliphatic rings. The molecule has 138 valence electrons. The number of nitrogens with zero attached hydrogens (tertiary/aromatic N) is 2. The van der Waals surface area contributed by atoms with Gasteiger partial charge in [-0.3, -0.25) is 14.8 Å². The van der Waals surface area contributed by atoms with Crippen molar-refractivity contribution in [2.45, 2.75) is 6.54 Å². The predicted octanol–water partition coefficient (Wildman–Crippen LogP) is 2.33. The molecule has 0 aliphatic carbocycles. The maximum Gasteiger partial charge on any atom is 0.274 e. The van der Waals surface area contributed by atoms with E-state index in [9.17, 15) is 9.59 Å². The summed E-state index contributed by atoms with van der Waals surface area (Å²) in [5.74, 6) is -0.125. The number of para-hydroxylation sites is 1. The summed E-state index contributed by atoms with van der Waals surface area (Å²) in [4.78, 5) is 26.5. The van der Waals surface area contributed by atoms with Crippen LogP contribution in [0.15, 0.2) is 48.5 Å². The van der Waals surface area contributed by atoms with Crippen LogP contribution in [0.25, 0.3) is 10.9 Å². The van der Waals surface area contributed by atoms with Gasteiger partial charge in [-0.2, -0.15) is 0 Å². The molecule has 0 saturated carbocycles. The van der Waals surface area contributed by atoms with E-state index in [0.29, 0.717) is 36.7 Å². The van der Waals surface area contributed by atoms with Gasteiger partial charge in [-0.25, -0.2) is 5.48 Å². The number of aryl methyl sites for hydroxylation is 1. The highest BCUT2D eigenvalue weighted by molar-refractivity contribution is 5.99. The van der Waals surface area contributed by atoms with Gasteiger partial charge in [-0.05, 0) is 24.3 Å². The van der Waals surface area contributed by atoms with Crippen molar-refractivity contribution < 1.29 is 19.5 Å². The second kappa shape index (κ2) is 6.77. The first-order valence-corrected chi connectivity index (χ1v) is 8.62. The zero-order chi connectivity index (χ0) is 19.0. The fourth-order valence-corrected chi connectivity index (χ4v) is 3.41. The van der Waals surface area contributed by atoms with E-state index in [-0.39, 0.29) is 5.91 Å². The zero-order valence-corrected chi connectivity index (χ0v) is 14.8. The van der Waals surface area contributed by atoms with E-state index in [0.717, 1.165) is 16.5 Å². The van der Waals surface area contributed by atoms with Gasteiger partial charge in [0.25, 0.3) is 11.8 Å². The van der Waals surface area contributed by atoms with Crippen LogP contribution < -0.4 is 10.2 Å². The quantitative estimate of drug-likeness (QED) is 0.539. The van der Waals surface area contributed by atoms with Crippen molar-refractivity contribution in [1.82, 2.24) is 14.9 Å². The van der Waals surface area contributed by atoms with Gasteiger partial charge in [-0.1, -0.05) is 24.3 Å². The maximum atomic E-state index is 13.1. The number of aromatic nitrogens is 1. The Hall–Kier alpha value is -3.32. The number of hydroxylamine groups is 1. The summed E-state index contributed by atoms with van der Waals surface area (Å²) in [6, 6.07) is 14.7. The van der Waals surface area contributed by atoms with E-state index in [1.165, 1.54) is 0 Å². The van der Waals surface area contributed by atoms with Crippen LogP contribution in [0.2, 0.25) is 0 Å². The Labute approximate surface area is 155 Å². The average molecular weight is 365 g/mol. The largest absolute Gasteiger partial charge is 0.491 e. The molecule has 3 aromatic rings. The van der Waals surface area contributed by atoms with Gasteiger partial charge >= 0.3 is 0 Å². The van der Waals surface area contributed by atoms with E-state index in [2.05, 4.69) is 0 Å². The Morgan fingerprint density at radius 1 is 1.15 bits per heavy atom. The molecular formula is C20H19N3O4. The minimum Gasteiger partial charge on any atom is -0.491 e. The third-order valence-electron chi connectivity index (χ3n) is 4.87. The lowest BCUT2D eigenvalue weighted by Crippen LogP contribution is -2.33. The van der Waals surface area contributed by atoms with Gasteiger partial charge < -0.3 is 14.2 Å². The third-order valence-corrected chi connectivity index (χ3v) is 4.87. The van der Waals surface area contributed by atoms with Crippen LogP contribution in [0.1, 0.15) is 26.4 Å². The van der Waals surface area contributed by atoms with Crippen molar-refractivity contribution in [2.24, 2.45) is 7.05 Å². The van der Waals surface area contributed by atoms with Crippen LogP contribution in [0.3, 0.4) is 0 Å². The molecule has 27 heavy (non-hydrogen) atoms. The molecule has 0 bridgehead atoms. The zero-order valence-electron chi connectivity index (χ0n) is 14.8. The molecule has 2 aromatic carbocycles. The fourth-order valence-electron chi connectivity index (χ4n) is 3.41. The predicted molar refractivity (Wildman–Crippen MR) is 98.8 cm³/mol. The molecule has 0 fully saturated rings. The van der Waals surface area contributed by atoms with Gasteiger partial charge in [0.05, 0.1) is 6.54 Å². The van der Waals surface area contributed by atoms with Crippen molar-refractivity contribution in [1.29, 1.82) is 0 Å². The molecule has 0 unspecified atom stereocenters. The Bertz CT molecular complexity index is 1040. The summed E-state index contributed by atoms with van der Waals surface area (Å²) in [7, 11) is 1.89. The van der Waals surface area contributed by atoms with E-state index in [4.69, 9.17) is 9.94 Å². The highest BCUT2D eigenvalue weighted by Crippen LogP contribution is 2.26. The fraction of sp³-hybridized carbons (Fsp3) is 0.200. The van der Waals surface area contributed by atoms with Crippen molar-refractivity contribution in [3.8, 4) is 5.75 Å². The lowest BCUT2D eigenvalue weighted by Gasteiger charge is -2.20. The minimum atomic E-state index is -0.603. The number of carbonyl (C=O) groups is 2. The minimum absolute atomic E-state index is 0.0673. The lowest BCUT2D eigenvalue weighted by molar-refractivity contribution is 0.0705. The molecule has 2 N–H and O–H groups in total. The number of amides is 2. The summed E-state index contributed by atoms with van der Waals surface area (Å²) in [6.45, 7) is 1.15. The Morgan fingerprint density at radius 2 is 1.96 bits per heavy atom. The van der Waals surface area contributed by atoms with Gasteiger partial charge in [0.2, 0.25) is 0 Å². The van der Waals surface area contributed by atoms with Gasteiger partial charge in [0.1, 0.15) is 18.1 Å². The number of rotatable bonds is 2. The number of fused-ring (bicyclic) bond motifs is 2. The summed E-state index contributed by atoms with van der Waals surface area (Å²) >= 11 is 0. The van der Waals surface area contributed by atoms with E-state index in [1.807, 2.05) is 41.9 Å². The van der Waals surface area contributed by atoms with Crippen molar-refractivity contribution in [3.05, 3.63) is 65.4 Å². The molecule has 1 aromatic heterocycles. The summed E-state index contributed by atoms with van der Waals surface area (Å²) < 4.78 is 7.63. The lowest BCUT2D eigenvalue weighted by atomic mass is 10.1. The van der Waals surface area contributed by atoms with Crippen LogP contribution >= 0.6 is 0 Å². The van der Waals surface area contributed by atoms with Gasteiger partial charge in [-0.15, -0.1) is 0 Å². The molecule has 7 nitrogen and oxygen atoms in total. The number of benzene rings is 2. The standard InChI is InChI=1S/C20H19N3O4/c1-22-16-5-3-2-4-13(16)10-17(22)20(25)23-8-9-27-18-11-14(19(24)21-26)6-7-15(18)12-23/h2-7,10-11,26H,8-9,12H2,1H3,(H,21,24). The number of ether oxygens (including phenoxy) is 1. The molecular weight excluding hydrogens is 346 g/mol. The number of hydrogen-bond acceptors (Lipinski definition) is 4. The first-order valence-electron chi connectivity index (χ1n) is 8.62. The molecule has 0 saturated heterocycles. The van der Waals surface area contributed by atoms with Crippen molar-refractivity contribution in [3.63, 3.8) is 0 Å². The second-order valence-electron chi connectivity index (χ2n) is 6.49. The topological polar surface area (TPSA) is 83.8 Å². The van der Waals surface area contributed by atoms with E-state index < -0.39 is 5.91 Å². The third kappa shape index (κ3) is 3.02. The van der Waals surface area contributed by atoms with Crippen LogP contribution in [-0.4, -0.2) is 39.6 Å². The summed E-state index contributed by atoms with van der Waals surface area (Å²) in [5, 5.41) is 9.80. The molecule has 2 amide bonds. The first-order chi connectivity index (χ1) is 13.1. The van der Waals surface area contributed by atoms with Crippen LogP contribution in [0.5, 0.6) is 5.75 Å². The smallest absolute Gasteiger partial charge is 0.274 e. The highest BCUT2D eigenvalue weighted by Gasteiger charge is 2.24. The molecule has 4 rings (SSSR count). The number of nitrogens with one attached hydrogen (secondary N) is 1. The molecule has 1 aliphatic heterocycles. The van der Waals surface area contributed by atoms with Gasteiger partial charge in [0, 0.05) is 35.6 Å². The summed E-state index contributed by atoms with van der Waals surface area (Å²) in [6.07, 6.45) is 0. The van der Waals surface area contributed by atoms with Crippen molar-refractivity contribution in [2.75, 3.05) is 13.2 Å². The van der Waals surface area contributed by atoms with Crippen LogP contribution in [0, 0.1) is 0 Å². The molecule has 0 atom stereocenters. The van der Waals surface area contributed by atoms with E-state index >= 15 is 0 Å². The highest BCUT2D eigenvalue weighted by atomic mass is 16.5. The van der Waals surface area contributed by atoms with E-state index in [1.54, 1.807) is 28.6 Å². The Kier molecular flexibility index (Phi) is 4.29. The Balaban J connectivity index is 1.64. The molecule has 7 heteroatoms. The monoisotopic (exact) mass is 365 g/mol. The molecule has 2 heterocycles. The SMILES string of the molecule is Cn1c(C(=O)N2CCOc3cc(C(=O)NO)ccc3C2)cc2ccccc21. The second-order valence-corrected chi connectivity index (χ2v) is 6.49. The summed E-state index contributed by atoms with van der Waals surface area (Å²) in [5.41, 5.74) is 4.35. The normalized spacial score (nSPS) is 13.6. The molecule has 0 radical (unpaired) electrons. The van der Waals surface area contributed by atoms with Crippen molar-refractivity contribution >= 4 is 22.7 Å². The maximum absolute atomic E-state index is 13.1. The average Bonchev–Trinajstić information content (AvgIpc) is 2.89. The van der Waals surface area contributed by atoms with Crippen LogP contribution in [-0.2, 0) is 13.6 Å². The van der Waals surface area contributed by atoms with Gasteiger partial charge in [0.15, 0.2) is 0 Å².